The van der Waals surface area contributed by atoms with Gasteiger partial charge in [0.2, 0.25) is 5.91 Å². The fourth-order valence-electron chi connectivity index (χ4n) is 2.87. The van der Waals surface area contributed by atoms with Crippen molar-refractivity contribution >= 4 is 29.1 Å². The van der Waals surface area contributed by atoms with Crippen molar-refractivity contribution in [2.45, 2.75) is 13.0 Å². The lowest BCUT2D eigenvalue weighted by Crippen LogP contribution is -2.32. The molecule has 0 aromatic heterocycles. The second kappa shape index (κ2) is 8.51. The van der Waals surface area contributed by atoms with E-state index in [2.05, 4.69) is 10.6 Å². The van der Waals surface area contributed by atoms with Crippen molar-refractivity contribution in [3.05, 3.63) is 42.5 Å². The van der Waals surface area contributed by atoms with E-state index in [1.165, 1.54) is 7.11 Å². The van der Waals surface area contributed by atoms with E-state index in [0.29, 0.717) is 30.3 Å². The number of rotatable bonds is 7. The zero-order chi connectivity index (χ0) is 20.1. The first-order valence-corrected chi connectivity index (χ1v) is 8.85. The lowest BCUT2D eigenvalue weighted by molar-refractivity contribution is -0.116. The molecule has 8 nitrogen and oxygen atoms in total. The molecule has 1 heterocycles. The number of hydrogen-bond acceptors (Lipinski definition) is 6. The standard InChI is InChI=1S/C20H23N3O5/c1-13(19(24)22-15-7-8-17(26-2)18(12-15)27-3)21-14-5-4-6-16(11-14)23-9-10-28-20(23)25/h4-8,11-13,21H,9-10H2,1-3H3,(H,22,24). The van der Waals surface area contributed by atoms with Crippen molar-refractivity contribution in [3.8, 4) is 11.5 Å². The van der Waals surface area contributed by atoms with E-state index in [0.717, 1.165) is 11.4 Å². The summed E-state index contributed by atoms with van der Waals surface area (Å²) in [5, 5.41) is 5.99. The van der Waals surface area contributed by atoms with Gasteiger partial charge >= 0.3 is 6.09 Å². The molecular weight excluding hydrogens is 362 g/mol. The first kappa shape index (κ1) is 19.3. The number of ether oxygens (including phenoxy) is 3. The predicted molar refractivity (Wildman–Crippen MR) is 106 cm³/mol. The Morgan fingerprint density at radius 2 is 1.89 bits per heavy atom. The first-order valence-electron chi connectivity index (χ1n) is 8.85. The molecule has 8 heteroatoms. The normalized spacial score (nSPS) is 14.2. The van der Waals surface area contributed by atoms with E-state index in [1.807, 2.05) is 24.3 Å². The van der Waals surface area contributed by atoms with Crippen LogP contribution in [-0.2, 0) is 9.53 Å². The summed E-state index contributed by atoms with van der Waals surface area (Å²) in [7, 11) is 3.09. The van der Waals surface area contributed by atoms with Crippen molar-refractivity contribution in [2.75, 3.05) is 42.9 Å². The van der Waals surface area contributed by atoms with Crippen LogP contribution in [0.15, 0.2) is 42.5 Å². The fraction of sp³-hybridized carbons (Fsp3) is 0.300. The molecule has 2 N–H and O–H groups in total. The van der Waals surface area contributed by atoms with Gasteiger partial charge in [-0.2, -0.15) is 0 Å². The van der Waals surface area contributed by atoms with Crippen LogP contribution in [0.2, 0.25) is 0 Å². The maximum absolute atomic E-state index is 12.5. The SMILES string of the molecule is COc1ccc(NC(=O)C(C)Nc2cccc(N3CCOC3=O)c2)cc1OC. The minimum atomic E-state index is -0.506. The van der Waals surface area contributed by atoms with E-state index >= 15 is 0 Å². The van der Waals surface area contributed by atoms with Crippen LogP contribution < -0.4 is 25.0 Å². The molecule has 1 aliphatic heterocycles. The number of methoxy groups -OCH3 is 2. The Morgan fingerprint density at radius 3 is 2.57 bits per heavy atom. The van der Waals surface area contributed by atoms with Gasteiger partial charge in [-0.05, 0) is 37.3 Å². The maximum Gasteiger partial charge on any atom is 0.414 e. The number of carbonyl (C=O) groups excluding carboxylic acids is 2. The molecule has 1 unspecified atom stereocenters. The van der Waals surface area contributed by atoms with E-state index in [-0.39, 0.29) is 12.0 Å². The average Bonchev–Trinajstić information content (AvgIpc) is 3.14. The quantitative estimate of drug-likeness (QED) is 0.761. The Balaban J connectivity index is 1.65. The monoisotopic (exact) mass is 385 g/mol. The second-order valence-electron chi connectivity index (χ2n) is 6.24. The number of anilines is 3. The third-order valence-electron chi connectivity index (χ3n) is 4.35. The Morgan fingerprint density at radius 1 is 1.11 bits per heavy atom. The van der Waals surface area contributed by atoms with Gasteiger partial charge in [-0.15, -0.1) is 0 Å². The molecule has 1 aliphatic rings. The molecule has 1 fully saturated rings. The lowest BCUT2D eigenvalue weighted by Gasteiger charge is -2.18. The average molecular weight is 385 g/mol. The lowest BCUT2D eigenvalue weighted by atomic mass is 10.2. The highest BCUT2D eigenvalue weighted by molar-refractivity contribution is 5.96. The van der Waals surface area contributed by atoms with Crippen molar-refractivity contribution < 1.29 is 23.8 Å². The largest absolute Gasteiger partial charge is 0.493 e. The summed E-state index contributed by atoms with van der Waals surface area (Å²) in [6.45, 7) is 2.64. The Hall–Kier alpha value is -3.42. The summed E-state index contributed by atoms with van der Waals surface area (Å²) < 4.78 is 15.4. The summed E-state index contributed by atoms with van der Waals surface area (Å²) in [6, 6.07) is 12.0. The van der Waals surface area contributed by atoms with Crippen LogP contribution in [0.3, 0.4) is 0 Å². The highest BCUT2D eigenvalue weighted by Gasteiger charge is 2.24. The highest BCUT2D eigenvalue weighted by atomic mass is 16.6. The van der Waals surface area contributed by atoms with E-state index in [4.69, 9.17) is 14.2 Å². The van der Waals surface area contributed by atoms with Crippen LogP contribution in [0.1, 0.15) is 6.92 Å². The van der Waals surface area contributed by atoms with Gasteiger partial charge in [0.25, 0.3) is 0 Å². The summed E-state index contributed by atoms with van der Waals surface area (Å²) in [4.78, 5) is 25.8. The van der Waals surface area contributed by atoms with Gasteiger partial charge < -0.3 is 24.8 Å². The zero-order valence-corrected chi connectivity index (χ0v) is 16.0. The third-order valence-corrected chi connectivity index (χ3v) is 4.35. The van der Waals surface area contributed by atoms with Gasteiger partial charge in [0.1, 0.15) is 12.6 Å². The summed E-state index contributed by atoms with van der Waals surface area (Å²) >= 11 is 0. The maximum atomic E-state index is 12.5. The van der Waals surface area contributed by atoms with Crippen LogP contribution in [0, 0.1) is 0 Å². The minimum absolute atomic E-state index is 0.210. The van der Waals surface area contributed by atoms with E-state index in [9.17, 15) is 9.59 Å². The molecule has 0 bridgehead atoms. The van der Waals surface area contributed by atoms with E-state index in [1.54, 1.807) is 37.1 Å². The van der Waals surface area contributed by atoms with Crippen LogP contribution >= 0.6 is 0 Å². The van der Waals surface area contributed by atoms with Crippen LogP contribution in [0.5, 0.6) is 11.5 Å². The van der Waals surface area contributed by atoms with E-state index < -0.39 is 6.04 Å². The fourth-order valence-corrected chi connectivity index (χ4v) is 2.87. The number of nitrogens with one attached hydrogen (secondary N) is 2. The number of benzene rings is 2. The molecule has 0 radical (unpaired) electrons. The van der Waals surface area contributed by atoms with Gasteiger partial charge in [0.15, 0.2) is 11.5 Å². The molecule has 3 rings (SSSR count). The van der Waals surface area contributed by atoms with Crippen molar-refractivity contribution in [1.82, 2.24) is 0 Å². The van der Waals surface area contributed by atoms with Gasteiger partial charge in [0, 0.05) is 23.1 Å². The molecule has 0 saturated carbocycles. The molecular formula is C20H23N3O5. The van der Waals surface area contributed by atoms with Gasteiger partial charge in [-0.3, -0.25) is 9.69 Å². The summed E-state index contributed by atoms with van der Waals surface area (Å²) in [6.07, 6.45) is -0.364. The molecule has 0 aliphatic carbocycles. The highest BCUT2D eigenvalue weighted by Crippen LogP contribution is 2.30. The van der Waals surface area contributed by atoms with Gasteiger partial charge in [-0.25, -0.2) is 4.79 Å². The molecule has 2 amide bonds. The molecule has 0 spiro atoms. The first-order chi connectivity index (χ1) is 13.5. The van der Waals surface area contributed by atoms with Crippen molar-refractivity contribution in [2.24, 2.45) is 0 Å². The molecule has 148 valence electrons. The number of amides is 2. The topological polar surface area (TPSA) is 89.1 Å². The number of hydrogen-bond donors (Lipinski definition) is 2. The Labute approximate surface area is 163 Å². The number of carbonyl (C=O) groups is 2. The molecule has 28 heavy (non-hydrogen) atoms. The van der Waals surface area contributed by atoms with Gasteiger partial charge in [-0.1, -0.05) is 6.07 Å². The van der Waals surface area contributed by atoms with Crippen molar-refractivity contribution in [1.29, 1.82) is 0 Å². The Bertz CT molecular complexity index is 871. The molecule has 1 saturated heterocycles. The van der Waals surface area contributed by atoms with Crippen LogP contribution in [0.4, 0.5) is 21.9 Å². The number of cyclic esters (lactones) is 1. The summed E-state index contributed by atoms with van der Waals surface area (Å²) in [5.74, 6) is 0.910. The minimum Gasteiger partial charge on any atom is -0.493 e. The molecule has 2 aromatic rings. The van der Waals surface area contributed by atoms with Crippen molar-refractivity contribution in [3.63, 3.8) is 0 Å². The molecule has 1 atom stereocenters. The van der Waals surface area contributed by atoms with Crippen LogP contribution in [-0.4, -0.2) is 45.4 Å². The zero-order valence-electron chi connectivity index (χ0n) is 16.0. The molecule has 2 aromatic carbocycles. The summed E-state index contributed by atoms with van der Waals surface area (Å²) in [5.41, 5.74) is 2.05. The second-order valence-corrected chi connectivity index (χ2v) is 6.24. The predicted octanol–water partition coefficient (Wildman–Crippen LogP) is 3.10. The smallest absolute Gasteiger partial charge is 0.414 e. The third kappa shape index (κ3) is 4.28. The Kier molecular flexibility index (Phi) is 5.88. The van der Waals surface area contributed by atoms with Gasteiger partial charge in [0.05, 0.1) is 20.8 Å². The van der Waals surface area contributed by atoms with Crippen LogP contribution in [0.25, 0.3) is 0 Å². The number of nitrogens with zero attached hydrogens (tertiary/aromatic N) is 1.